The van der Waals surface area contributed by atoms with Crippen LogP contribution in [0.2, 0.25) is 0 Å². The van der Waals surface area contributed by atoms with E-state index in [1.165, 1.54) is 24.8 Å². The van der Waals surface area contributed by atoms with Gasteiger partial charge in [0.1, 0.15) is 5.69 Å². The van der Waals surface area contributed by atoms with E-state index >= 15 is 0 Å². The van der Waals surface area contributed by atoms with Crippen molar-refractivity contribution in [1.82, 2.24) is 10.3 Å². The molecule has 1 saturated heterocycles. The molecule has 0 spiro atoms. The van der Waals surface area contributed by atoms with Crippen molar-refractivity contribution in [2.75, 3.05) is 12.3 Å². The van der Waals surface area contributed by atoms with Crippen molar-refractivity contribution in [3.05, 3.63) is 29.6 Å². The van der Waals surface area contributed by atoms with Crippen LogP contribution in [0.25, 0.3) is 0 Å². The summed E-state index contributed by atoms with van der Waals surface area (Å²) in [6, 6.07) is 3.17. The number of amides is 1. The summed E-state index contributed by atoms with van der Waals surface area (Å²) in [5, 5.41) is 14.8. The number of nitrogens with zero attached hydrogens (tertiary/aromatic N) is 2. The lowest BCUT2D eigenvalue weighted by Crippen LogP contribution is -2.32. The van der Waals surface area contributed by atoms with E-state index in [0.717, 1.165) is 6.42 Å². The quantitative estimate of drug-likeness (QED) is 0.335. The highest BCUT2D eigenvalue weighted by Gasteiger charge is 2.15. The van der Waals surface area contributed by atoms with Gasteiger partial charge in [0.25, 0.3) is 5.91 Å². The first-order valence-electron chi connectivity index (χ1n) is 6.54. The summed E-state index contributed by atoms with van der Waals surface area (Å²) in [6.45, 7) is 0.674. The van der Waals surface area contributed by atoms with Gasteiger partial charge in [-0.15, -0.1) is 0 Å². The van der Waals surface area contributed by atoms with Gasteiger partial charge in [-0.25, -0.2) is 0 Å². The predicted molar refractivity (Wildman–Crippen MR) is 79.2 cm³/mol. The van der Waals surface area contributed by atoms with Gasteiger partial charge in [-0.1, -0.05) is 11.6 Å². The van der Waals surface area contributed by atoms with E-state index in [1.807, 2.05) is 11.8 Å². The topological polar surface area (TPSA) is 101 Å². The van der Waals surface area contributed by atoms with Crippen molar-refractivity contribution in [3.8, 4) is 0 Å². The number of rotatable bonds is 4. The largest absolute Gasteiger partial charge is 0.409 e. The molecule has 1 fully saturated rings. The summed E-state index contributed by atoms with van der Waals surface area (Å²) in [5.74, 6) is 0.957. The van der Waals surface area contributed by atoms with Crippen LogP contribution in [0.1, 0.15) is 35.3 Å². The molecule has 20 heavy (non-hydrogen) atoms. The summed E-state index contributed by atoms with van der Waals surface area (Å²) in [5.41, 5.74) is 6.25. The van der Waals surface area contributed by atoms with Gasteiger partial charge in [0.15, 0.2) is 5.84 Å². The van der Waals surface area contributed by atoms with E-state index in [-0.39, 0.29) is 11.7 Å². The van der Waals surface area contributed by atoms with E-state index in [9.17, 15) is 4.79 Å². The van der Waals surface area contributed by atoms with Gasteiger partial charge >= 0.3 is 0 Å². The Morgan fingerprint density at radius 2 is 2.40 bits per heavy atom. The van der Waals surface area contributed by atoms with Gasteiger partial charge in [0.05, 0.1) is 0 Å². The Morgan fingerprint density at radius 1 is 1.55 bits per heavy atom. The first-order valence-corrected chi connectivity index (χ1v) is 7.59. The Balaban J connectivity index is 1.88. The van der Waals surface area contributed by atoms with Crippen LogP contribution in [0.5, 0.6) is 0 Å². The summed E-state index contributed by atoms with van der Waals surface area (Å²) in [6.07, 6.45) is 5.08. The Labute approximate surface area is 121 Å². The van der Waals surface area contributed by atoms with Crippen LogP contribution in [-0.4, -0.2) is 39.5 Å². The second kappa shape index (κ2) is 7.14. The molecule has 1 amide bonds. The average molecular weight is 294 g/mol. The molecule has 0 bridgehead atoms. The molecule has 1 unspecified atom stereocenters. The Kier molecular flexibility index (Phi) is 5.23. The molecule has 1 atom stereocenters. The molecule has 6 nitrogen and oxygen atoms in total. The standard InChI is InChI=1S/C13H18N4O2S/c14-12(17-19)9-4-5-11(15-7-9)13(18)16-8-10-3-1-2-6-20-10/h4-5,7,10,19H,1-3,6,8H2,(H2,14,17)(H,16,18). The molecule has 7 heteroatoms. The highest BCUT2D eigenvalue weighted by atomic mass is 32.2. The molecule has 108 valence electrons. The fourth-order valence-electron chi connectivity index (χ4n) is 2.00. The number of nitrogens with one attached hydrogen (secondary N) is 1. The van der Waals surface area contributed by atoms with E-state index in [2.05, 4.69) is 15.5 Å². The van der Waals surface area contributed by atoms with Crippen molar-refractivity contribution in [2.24, 2.45) is 10.9 Å². The minimum Gasteiger partial charge on any atom is -0.409 e. The van der Waals surface area contributed by atoms with Crippen LogP contribution < -0.4 is 11.1 Å². The maximum absolute atomic E-state index is 11.9. The molecule has 0 aliphatic carbocycles. The van der Waals surface area contributed by atoms with Crippen LogP contribution >= 0.6 is 11.8 Å². The zero-order valence-corrected chi connectivity index (χ0v) is 11.9. The van der Waals surface area contributed by atoms with Gasteiger partial charge in [-0.05, 0) is 30.7 Å². The van der Waals surface area contributed by atoms with Crippen LogP contribution in [-0.2, 0) is 0 Å². The van der Waals surface area contributed by atoms with Crippen molar-refractivity contribution in [3.63, 3.8) is 0 Å². The number of hydrogen-bond donors (Lipinski definition) is 3. The zero-order valence-electron chi connectivity index (χ0n) is 11.1. The number of carbonyl (C=O) groups is 1. The number of oxime groups is 1. The SMILES string of the molecule is N/C(=N/O)c1ccc(C(=O)NCC2CCCCS2)nc1. The smallest absolute Gasteiger partial charge is 0.269 e. The number of thioether (sulfide) groups is 1. The van der Waals surface area contributed by atoms with E-state index in [1.54, 1.807) is 12.1 Å². The van der Waals surface area contributed by atoms with Gasteiger partial charge in [-0.2, -0.15) is 11.8 Å². The average Bonchev–Trinajstić information content (AvgIpc) is 2.53. The molecular formula is C13H18N4O2S. The van der Waals surface area contributed by atoms with Crippen molar-refractivity contribution in [2.45, 2.75) is 24.5 Å². The lowest BCUT2D eigenvalue weighted by molar-refractivity contribution is 0.0948. The fraction of sp³-hybridized carbons (Fsp3) is 0.462. The summed E-state index contributed by atoms with van der Waals surface area (Å²) < 4.78 is 0. The molecule has 4 N–H and O–H groups in total. The molecule has 1 aromatic heterocycles. The number of aromatic nitrogens is 1. The molecule has 1 aromatic rings. The van der Waals surface area contributed by atoms with Gasteiger partial charge < -0.3 is 16.3 Å². The first kappa shape index (κ1) is 14.6. The lowest BCUT2D eigenvalue weighted by atomic mass is 10.2. The third-order valence-electron chi connectivity index (χ3n) is 3.16. The third kappa shape index (κ3) is 3.86. The molecule has 0 aromatic carbocycles. The van der Waals surface area contributed by atoms with Crippen LogP contribution in [0.3, 0.4) is 0 Å². The van der Waals surface area contributed by atoms with Crippen molar-refractivity contribution in [1.29, 1.82) is 0 Å². The van der Waals surface area contributed by atoms with Gasteiger partial charge in [0.2, 0.25) is 0 Å². The summed E-state index contributed by atoms with van der Waals surface area (Å²) in [4.78, 5) is 16.0. The number of nitrogens with two attached hydrogens (primary N) is 1. The highest BCUT2D eigenvalue weighted by molar-refractivity contribution is 7.99. The molecule has 2 heterocycles. The Morgan fingerprint density at radius 3 is 3.00 bits per heavy atom. The van der Waals surface area contributed by atoms with Crippen LogP contribution in [0.15, 0.2) is 23.5 Å². The second-order valence-electron chi connectivity index (χ2n) is 4.62. The molecule has 0 saturated carbocycles. The minimum absolute atomic E-state index is 0.0249. The minimum atomic E-state index is -0.192. The molecule has 0 radical (unpaired) electrons. The van der Waals surface area contributed by atoms with E-state index in [0.29, 0.717) is 23.1 Å². The lowest BCUT2D eigenvalue weighted by Gasteiger charge is -2.21. The molecule has 1 aliphatic rings. The Hall–Kier alpha value is -1.76. The van der Waals surface area contributed by atoms with E-state index in [4.69, 9.17) is 10.9 Å². The molecular weight excluding hydrogens is 276 g/mol. The molecule has 2 rings (SSSR count). The van der Waals surface area contributed by atoms with Crippen LogP contribution in [0, 0.1) is 0 Å². The number of amidine groups is 1. The van der Waals surface area contributed by atoms with Crippen LogP contribution in [0.4, 0.5) is 0 Å². The maximum Gasteiger partial charge on any atom is 0.269 e. The predicted octanol–water partition coefficient (Wildman–Crippen LogP) is 1.19. The summed E-state index contributed by atoms with van der Waals surface area (Å²) >= 11 is 1.91. The fourth-order valence-corrected chi connectivity index (χ4v) is 3.24. The van der Waals surface area contributed by atoms with Crippen molar-refractivity contribution >= 4 is 23.5 Å². The van der Waals surface area contributed by atoms with E-state index < -0.39 is 0 Å². The molecule has 1 aliphatic heterocycles. The summed E-state index contributed by atoms with van der Waals surface area (Å²) in [7, 11) is 0. The monoisotopic (exact) mass is 294 g/mol. The van der Waals surface area contributed by atoms with Gasteiger partial charge in [0, 0.05) is 23.6 Å². The maximum atomic E-state index is 11.9. The second-order valence-corrected chi connectivity index (χ2v) is 6.02. The zero-order chi connectivity index (χ0) is 14.4. The normalized spacial score (nSPS) is 19.6. The number of hydrogen-bond acceptors (Lipinski definition) is 5. The number of pyridine rings is 1. The van der Waals surface area contributed by atoms with Crippen molar-refractivity contribution < 1.29 is 10.0 Å². The third-order valence-corrected chi connectivity index (χ3v) is 4.56. The first-order chi connectivity index (χ1) is 9.70. The Bertz CT molecular complexity index is 484. The van der Waals surface area contributed by atoms with Gasteiger partial charge in [-0.3, -0.25) is 9.78 Å². The number of carbonyl (C=O) groups excluding carboxylic acids is 1. The highest BCUT2D eigenvalue weighted by Crippen LogP contribution is 2.24.